The van der Waals surface area contributed by atoms with Crippen molar-refractivity contribution in [3.05, 3.63) is 0 Å². The number of hydrogen-bond donors (Lipinski definition) is 0. The maximum atomic E-state index is 10.7. The van der Waals surface area contributed by atoms with E-state index in [1.54, 1.807) is 0 Å². The molecule has 0 rings (SSSR count). The zero-order chi connectivity index (χ0) is 7.82. The Morgan fingerprint density at radius 2 is 1.91 bits per heavy atom. The zero-order valence-corrected chi connectivity index (χ0v) is 9.20. The third-order valence-electron chi connectivity index (χ3n) is 1.29. The summed E-state index contributed by atoms with van der Waals surface area (Å²) < 4.78 is 4.75. The molecule has 0 N–H and O–H groups in total. The van der Waals surface area contributed by atoms with Gasteiger partial charge < -0.3 is 4.74 Å². The molecule has 0 saturated carbocycles. The molecule has 0 saturated heterocycles. The van der Waals surface area contributed by atoms with Gasteiger partial charge in [-0.05, 0) is 13.3 Å². The summed E-state index contributed by atoms with van der Waals surface area (Å²) in [5.41, 5.74) is 0. The number of hydrogen-bond acceptors (Lipinski definition) is 2. The van der Waals surface area contributed by atoms with Crippen molar-refractivity contribution in [2.24, 2.45) is 0 Å². The van der Waals surface area contributed by atoms with Crippen LogP contribution in [0.3, 0.4) is 0 Å². The van der Waals surface area contributed by atoms with Gasteiger partial charge in [-0.15, -0.1) is 0 Å². The number of carbonyl (C=O) groups is 1. The molecule has 0 heterocycles. The third-order valence-corrected chi connectivity index (χ3v) is 1.29. The summed E-state index contributed by atoms with van der Waals surface area (Å²) in [5, 5.41) is 0. The number of unbranched alkanes of at least 4 members (excludes halogenated alkanes) is 2. The molecule has 0 radical (unpaired) electrons. The second kappa shape index (κ2) is 10.7. The first kappa shape index (κ1) is 14.3. The standard InChI is InChI=1S/C8H16O2.Dy/c1-3-5-6-7-8(9)10-4-2;/h3-7H2,1-2H3;. The van der Waals surface area contributed by atoms with Crippen molar-refractivity contribution >= 4 is 5.97 Å². The van der Waals surface area contributed by atoms with Crippen molar-refractivity contribution in [2.45, 2.75) is 39.5 Å². The van der Waals surface area contributed by atoms with Gasteiger partial charge in [0.1, 0.15) is 0 Å². The minimum atomic E-state index is -0.0593. The second-order valence-electron chi connectivity index (χ2n) is 2.26. The van der Waals surface area contributed by atoms with Crippen LogP contribution < -0.4 is 0 Å². The second-order valence-corrected chi connectivity index (χ2v) is 2.26. The number of esters is 1. The average Bonchev–Trinajstić information content (AvgIpc) is 1.89. The first-order valence-corrected chi connectivity index (χ1v) is 3.96. The fourth-order valence-corrected chi connectivity index (χ4v) is 0.752. The largest absolute Gasteiger partial charge is 0.466 e. The first-order valence-electron chi connectivity index (χ1n) is 3.96. The van der Waals surface area contributed by atoms with Gasteiger partial charge in [-0.1, -0.05) is 19.8 Å². The molecule has 0 aliphatic carbocycles. The SMILES string of the molecule is CCCCCC(=O)OCC.[Dy]. The van der Waals surface area contributed by atoms with Gasteiger partial charge in [0.15, 0.2) is 0 Å². The van der Waals surface area contributed by atoms with Crippen LogP contribution in [0.25, 0.3) is 0 Å². The van der Waals surface area contributed by atoms with Crippen LogP contribution in [-0.2, 0) is 9.53 Å². The van der Waals surface area contributed by atoms with Gasteiger partial charge in [-0.3, -0.25) is 4.79 Å². The molecule has 0 bridgehead atoms. The summed E-state index contributed by atoms with van der Waals surface area (Å²) in [7, 11) is 0. The van der Waals surface area contributed by atoms with Crippen molar-refractivity contribution in [1.29, 1.82) is 0 Å². The van der Waals surface area contributed by atoms with E-state index in [9.17, 15) is 4.79 Å². The van der Waals surface area contributed by atoms with Crippen molar-refractivity contribution in [3.8, 4) is 0 Å². The molecule has 0 atom stereocenters. The molecule has 0 fully saturated rings. The molecule has 3 heteroatoms. The molecule has 11 heavy (non-hydrogen) atoms. The molecule has 0 aromatic carbocycles. The van der Waals surface area contributed by atoms with Gasteiger partial charge >= 0.3 is 5.97 Å². The summed E-state index contributed by atoms with van der Waals surface area (Å²) in [5.74, 6) is -0.0593. The molecule has 2 nitrogen and oxygen atoms in total. The van der Waals surface area contributed by atoms with Crippen LogP contribution in [0.5, 0.6) is 0 Å². The number of ether oxygens (including phenoxy) is 1. The Labute approximate surface area is 99.1 Å². The van der Waals surface area contributed by atoms with Crippen LogP contribution in [0, 0.1) is 38.2 Å². The van der Waals surface area contributed by atoms with Gasteiger partial charge in [-0.25, -0.2) is 0 Å². The van der Waals surface area contributed by atoms with E-state index in [1.807, 2.05) is 6.92 Å². The van der Waals surface area contributed by atoms with E-state index in [1.165, 1.54) is 0 Å². The van der Waals surface area contributed by atoms with E-state index in [4.69, 9.17) is 4.74 Å². The van der Waals surface area contributed by atoms with E-state index in [0.717, 1.165) is 19.3 Å². The molecule has 0 aromatic rings. The van der Waals surface area contributed by atoms with Crippen molar-refractivity contribution in [2.75, 3.05) is 6.61 Å². The molecule has 0 aliphatic rings. The van der Waals surface area contributed by atoms with Gasteiger partial charge in [0.25, 0.3) is 0 Å². The Morgan fingerprint density at radius 1 is 1.27 bits per heavy atom. The average molecular weight is 307 g/mol. The predicted octanol–water partition coefficient (Wildman–Crippen LogP) is 2.13. The van der Waals surface area contributed by atoms with Crippen molar-refractivity contribution in [1.82, 2.24) is 0 Å². The van der Waals surface area contributed by atoms with Crippen molar-refractivity contribution < 1.29 is 47.7 Å². The van der Waals surface area contributed by atoms with Crippen LogP contribution in [0.2, 0.25) is 0 Å². The monoisotopic (exact) mass is 308 g/mol. The van der Waals surface area contributed by atoms with Crippen LogP contribution in [0.4, 0.5) is 0 Å². The third kappa shape index (κ3) is 10.7. The zero-order valence-electron chi connectivity index (χ0n) is 7.17. The summed E-state index contributed by atoms with van der Waals surface area (Å²) in [6, 6.07) is 0. The molecule has 0 unspecified atom stereocenters. The fraction of sp³-hybridized carbons (Fsp3) is 0.875. The topological polar surface area (TPSA) is 26.3 Å². The van der Waals surface area contributed by atoms with E-state index in [-0.39, 0.29) is 44.1 Å². The Bertz CT molecular complexity index is 94.1. The van der Waals surface area contributed by atoms with E-state index >= 15 is 0 Å². The molecule has 70 valence electrons. The Morgan fingerprint density at radius 3 is 2.36 bits per heavy atom. The molecule has 0 aliphatic heterocycles. The normalized spacial score (nSPS) is 8.55. The van der Waals surface area contributed by atoms with Gasteiger partial charge in [-0.2, -0.15) is 0 Å². The Kier molecular flexibility index (Phi) is 13.9. The van der Waals surface area contributed by atoms with Gasteiger partial charge in [0, 0.05) is 44.6 Å². The summed E-state index contributed by atoms with van der Waals surface area (Å²) >= 11 is 0. The summed E-state index contributed by atoms with van der Waals surface area (Å²) in [6.07, 6.45) is 3.83. The first-order chi connectivity index (χ1) is 4.81. The van der Waals surface area contributed by atoms with Crippen LogP contribution in [0.1, 0.15) is 39.5 Å². The van der Waals surface area contributed by atoms with Crippen LogP contribution in [-0.4, -0.2) is 12.6 Å². The smallest absolute Gasteiger partial charge is 0.305 e. The molecule has 0 amide bonds. The minimum absolute atomic E-state index is 0. The molecule has 0 aromatic heterocycles. The summed E-state index contributed by atoms with van der Waals surface area (Å²) in [4.78, 5) is 10.7. The maximum absolute atomic E-state index is 10.7. The van der Waals surface area contributed by atoms with Gasteiger partial charge in [0.05, 0.1) is 6.61 Å². The predicted molar refractivity (Wildman–Crippen MR) is 40.8 cm³/mol. The maximum Gasteiger partial charge on any atom is 0.305 e. The Balaban J connectivity index is 0. The summed E-state index contributed by atoms with van der Waals surface area (Å²) in [6.45, 7) is 4.45. The minimum Gasteiger partial charge on any atom is -0.466 e. The number of carbonyl (C=O) groups excluding carboxylic acids is 1. The van der Waals surface area contributed by atoms with E-state index in [0.29, 0.717) is 13.0 Å². The Hall–Kier alpha value is 0.743. The molecule has 0 spiro atoms. The fourth-order valence-electron chi connectivity index (χ4n) is 0.752. The number of rotatable bonds is 5. The van der Waals surface area contributed by atoms with E-state index in [2.05, 4.69) is 6.92 Å². The quantitative estimate of drug-likeness (QED) is 0.574. The van der Waals surface area contributed by atoms with Crippen LogP contribution >= 0.6 is 0 Å². The van der Waals surface area contributed by atoms with E-state index < -0.39 is 0 Å². The van der Waals surface area contributed by atoms with Gasteiger partial charge in [0.2, 0.25) is 0 Å². The molecular formula is C8H16DyO2. The molecular weight excluding hydrogens is 291 g/mol. The van der Waals surface area contributed by atoms with Crippen LogP contribution in [0.15, 0.2) is 0 Å². The van der Waals surface area contributed by atoms with Crippen molar-refractivity contribution in [3.63, 3.8) is 0 Å².